The molecule has 2 aromatic carbocycles. The van der Waals surface area contributed by atoms with E-state index in [-0.39, 0.29) is 6.04 Å². The molecule has 1 saturated carbocycles. The van der Waals surface area contributed by atoms with Crippen molar-refractivity contribution in [3.63, 3.8) is 0 Å². The first-order valence-electron chi connectivity index (χ1n) is 10.3. The van der Waals surface area contributed by atoms with E-state index < -0.39 is 0 Å². The lowest BCUT2D eigenvalue weighted by Gasteiger charge is -2.23. The summed E-state index contributed by atoms with van der Waals surface area (Å²) < 4.78 is 13.3. The Kier molecular flexibility index (Phi) is 4.04. The third kappa shape index (κ3) is 3.03. The van der Waals surface area contributed by atoms with E-state index in [1.165, 1.54) is 18.4 Å². The van der Waals surface area contributed by atoms with Crippen LogP contribution in [0.25, 0.3) is 16.7 Å². The van der Waals surface area contributed by atoms with Crippen LogP contribution in [0.4, 0.5) is 5.82 Å². The number of hydrogen-bond donors (Lipinski definition) is 1. The highest BCUT2D eigenvalue weighted by molar-refractivity contribution is 5.87. The first-order valence-corrected chi connectivity index (χ1v) is 10.3. The van der Waals surface area contributed by atoms with Gasteiger partial charge in [0.05, 0.1) is 23.3 Å². The quantitative estimate of drug-likeness (QED) is 0.543. The molecular formula is C23H21N5O2. The van der Waals surface area contributed by atoms with Gasteiger partial charge < -0.3 is 14.8 Å². The van der Waals surface area contributed by atoms with E-state index in [1.807, 2.05) is 47.3 Å². The van der Waals surface area contributed by atoms with Gasteiger partial charge >= 0.3 is 0 Å². The summed E-state index contributed by atoms with van der Waals surface area (Å²) in [5.74, 6) is 3.00. The lowest BCUT2D eigenvalue weighted by molar-refractivity contribution is 0.171. The topological polar surface area (TPSA) is 74.1 Å². The molecule has 0 amide bonds. The predicted octanol–water partition coefficient (Wildman–Crippen LogP) is 4.15. The van der Waals surface area contributed by atoms with Crippen LogP contribution in [0, 0.1) is 5.92 Å². The molecule has 7 nitrogen and oxygen atoms in total. The lowest BCUT2D eigenvalue weighted by atomic mass is 10.0. The largest absolute Gasteiger partial charge is 0.486 e. The van der Waals surface area contributed by atoms with E-state index in [4.69, 9.17) is 9.47 Å². The van der Waals surface area contributed by atoms with Gasteiger partial charge in [0.2, 0.25) is 0 Å². The summed E-state index contributed by atoms with van der Waals surface area (Å²) in [7, 11) is 0. The zero-order chi connectivity index (χ0) is 19.9. The molecule has 1 N–H and O–H groups in total. The smallest absolute Gasteiger partial charge is 0.168 e. The molecule has 0 radical (unpaired) electrons. The molecule has 0 spiro atoms. The SMILES string of the molecule is c1ccc(-n2ncc3c(NC(c4ccc5c(c4)OCCO5)C4CC4)ncnc32)cc1. The first kappa shape index (κ1) is 17.3. The number of anilines is 1. The molecule has 150 valence electrons. The molecule has 0 bridgehead atoms. The average Bonchev–Trinajstić information content (AvgIpc) is 3.55. The predicted molar refractivity (Wildman–Crippen MR) is 113 cm³/mol. The van der Waals surface area contributed by atoms with Gasteiger partial charge in [-0.05, 0) is 48.6 Å². The van der Waals surface area contributed by atoms with Crippen molar-refractivity contribution in [2.75, 3.05) is 18.5 Å². The summed E-state index contributed by atoms with van der Waals surface area (Å²) >= 11 is 0. The van der Waals surface area contributed by atoms with Crippen molar-refractivity contribution in [3.05, 3.63) is 66.6 Å². The molecular weight excluding hydrogens is 378 g/mol. The van der Waals surface area contributed by atoms with E-state index in [0.717, 1.165) is 34.0 Å². The number of ether oxygens (including phenoxy) is 2. The van der Waals surface area contributed by atoms with Crippen molar-refractivity contribution in [3.8, 4) is 17.2 Å². The highest BCUT2D eigenvalue weighted by atomic mass is 16.6. The molecule has 2 aromatic heterocycles. The Bertz CT molecular complexity index is 1200. The maximum atomic E-state index is 5.80. The Hall–Kier alpha value is -3.61. The Morgan fingerprint density at radius 3 is 2.63 bits per heavy atom. The van der Waals surface area contributed by atoms with Crippen LogP contribution in [-0.4, -0.2) is 33.0 Å². The second-order valence-electron chi connectivity index (χ2n) is 7.71. The Morgan fingerprint density at radius 1 is 0.967 bits per heavy atom. The second-order valence-corrected chi connectivity index (χ2v) is 7.71. The summed E-state index contributed by atoms with van der Waals surface area (Å²) in [5, 5.41) is 9.14. The van der Waals surface area contributed by atoms with Crippen LogP contribution in [0.1, 0.15) is 24.4 Å². The maximum absolute atomic E-state index is 5.80. The van der Waals surface area contributed by atoms with E-state index in [9.17, 15) is 0 Å². The van der Waals surface area contributed by atoms with E-state index >= 15 is 0 Å². The molecule has 30 heavy (non-hydrogen) atoms. The van der Waals surface area contributed by atoms with Crippen molar-refractivity contribution < 1.29 is 9.47 Å². The average molecular weight is 399 g/mol. The van der Waals surface area contributed by atoms with Crippen molar-refractivity contribution in [1.82, 2.24) is 19.7 Å². The molecule has 1 aliphatic carbocycles. The zero-order valence-electron chi connectivity index (χ0n) is 16.4. The highest BCUT2D eigenvalue weighted by Crippen LogP contribution is 2.45. The van der Waals surface area contributed by atoms with Crippen LogP contribution in [-0.2, 0) is 0 Å². The Balaban J connectivity index is 1.37. The minimum Gasteiger partial charge on any atom is -0.486 e. The fourth-order valence-electron chi connectivity index (χ4n) is 4.02. The number of nitrogens with zero attached hydrogens (tertiary/aromatic N) is 4. The summed E-state index contributed by atoms with van der Waals surface area (Å²) in [6.45, 7) is 1.18. The Morgan fingerprint density at radius 2 is 1.80 bits per heavy atom. The van der Waals surface area contributed by atoms with Gasteiger partial charge in [-0.3, -0.25) is 0 Å². The third-order valence-corrected chi connectivity index (χ3v) is 5.68. The van der Waals surface area contributed by atoms with E-state index in [1.54, 1.807) is 6.33 Å². The number of nitrogens with one attached hydrogen (secondary N) is 1. The molecule has 2 aliphatic rings. The van der Waals surface area contributed by atoms with Crippen molar-refractivity contribution >= 4 is 16.9 Å². The van der Waals surface area contributed by atoms with Crippen molar-refractivity contribution in [2.24, 2.45) is 5.92 Å². The van der Waals surface area contributed by atoms with Crippen molar-refractivity contribution in [1.29, 1.82) is 0 Å². The normalized spacial score (nSPS) is 16.4. The van der Waals surface area contributed by atoms with Crippen LogP contribution >= 0.6 is 0 Å². The minimum absolute atomic E-state index is 0.152. The standard InChI is InChI=1S/C23H21N5O2/c1-2-4-17(5-3-1)28-23-18(13-26-28)22(24-14-25-23)27-21(15-6-7-15)16-8-9-19-20(12-16)30-11-10-29-19/h1-5,8-9,12-15,21H,6-7,10-11H2,(H,24,25,27). The van der Waals surface area contributed by atoms with Crippen molar-refractivity contribution in [2.45, 2.75) is 18.9 Å². The number of para-hydroxylation sites is 1. The number of hydrogen-bond acceptors (Lipinski definition) is 6. The van der Waals surface area contributed by atoms with Gasteiger partial charge in [-0.1, -0.05) is 24.3 Å². The van der Waals surface area contributed by atoms with Gasteiger partial charge in [0.15, 0.2) is 17.1 Å². The minimum atomic E-state index is 0.152. The van der Waals surface area contributed by atoms with Gasteiger partial charge in [0, 0.05) is 0 Å². The summed E-state index contributed by atoms with van der Waals surface area (Å²) in [6.07, 6.45) is 5.82. The molecule has 6 rings (SSSR count). The van der Waals surface area contributed by atoms with Gasteiger partial charge in [-0.25, -0.2) is 14.6 Å². The molecule has 1 aliphatic heterocycles. The van der Waals surface area contributed by atoms with Crippen LogP contribution in [0.15, 0.2) is 61.1 Å². The highest BCUT2D eigenvalue weighted by Gasteiger charge is 2.34. The molecule has 1 unspecified atom stereocenters. The number of fused-ring (bicyclic) bond motifs is 2. The molecule has 7 heteroatoms. The molecule has 4 aromatic rings. The molecule has 1 atom stereocenters. The number of aromatic nitrogens is 4. The summed E-state index contributed by atoms with van der Waals surface area (Å²) in [4.78, 5) is 9.03. The molecule has 3 heterocycles. The first-order chi connectivity index (χ1) is 14.9. The lowest BCUT2D eigenvalue weighted by Crippen LogP contribution is -2.17. The summed E-state index contributed by atoms with van der Waals surface area (Å²) in [5.41, 5.74) is 2.95. The Labute approximate surface area is 173 Å². The fourth-order valence-corrected chi connectivity index (χ4v) is 4.02. The molecule has 0 saturated heterocycles. The van der Waals surface area contributed by atoms with Gasteiger partial charge in [-0.15, -0.1) is 0 Å². The van der Waals surface area contributed by atoms with Crippen LogP contribution in [0.5, 0.6) is 11.5 Å². The van der Waals surface area contributed by atoms with E-state index in [0.29, 0.717) is 19.1 Å². The van der Waals surface area contributed by atoms with Crippen LogP contribution < -0.4 is 14.8 Å². The van der Waals surface area contributed by atoms with Crippen LogP contribution in [0.2, 0.25) is 0 Å². The monoisotopic (exact) mass is 399 g/mol. The fraction of sp³-hybridized carbons (Fsp3) is 0.261. The second kappa shape index (κ2) is 7.02. The summed E-state index contributed by atoms with van der Waals surface area (Å²) in [6, 6.07) is 16.4. The van der Waals surface area contributed by atoms with Gasteiger partial charge in [0.25, 0.3) is 0 Å². The number of rotatable bonds is 5. The van der Waals surface area contributed by atoms with Gasteiger partial charge in [-0.2, -0.15) is 5.10 Å². The third-order valence-electron chi connectivity index (χ3n) is 5.68. The zero-order valence-corrected chi connectivity index (χ0v) is 16.4. The molecule has 1 fully saturated rings. The van der Waals surface area contributed by atoms with Crippen LogP contribution in [0.3, 0.4) is 0 Å². The van der Waals surface area contributed by atoms with E-state index in [2.05, 4.69) is 32.5 Å². The number of benzene rings is 2. The van der Waals surface area contributed by atoms with Gasteiger partial charge in [0.1, 0.15) is 25.4 Å². The maximum Gasteiger partial charge on any atom is 0.168 e.